The topological polar surface area (TPSA) is 4.93 Å². The highest BCUT2D eigenvalue weighted by Crippen LogP contribution is 2.37. The van der Waals surface area contributed by atoms with Crippen LogP contribution in [0.2, 0.25) is 5.02 Å². The fraction of sp³-hybridized carbons (Fsp3) is 0. The molecule has 0 atom stereocenters. The Morgan fingerprint density at radius 1 is 0.714 bits per heavy atom. The summed E-state index contributed by atoms with van der Waals surface area (Å²) in [5.74, 6) is -1.16. The summed E-state index contributed by atoms with van der Waals surface area (Å²) in [5.41, 5.74) is 4.10. The number of hydrogen-bond acceptors (Lipinski definition) is 0. The van der Waals surface area contributed by atoms with Gasteiger partial charge in [0, 0.05) is 27.4 Å². The molecule has 0 saturated heterocycles. The minimum Gasteiger partial charge on any atom is -0.308 e. The van der Waals surface area contributed by atoms with Gasteiger partial charge in [-0.15, -0.1) is 0 Å². The summed E-state index contributed by atoms with van der Waals surface area (Å²) in [5, 5.41) is 1.83. The van der Waals surface area contributed by atoms with Crippen LogP contribution in [-0.4, -0.2) is 4.57 Å². The van der Waals surface area contributed by atoms with Gasteiger partial charge in [-0.25, -0.2) is 8.78 Å². The van der Waals surface area contributed by atoms with E-state index in [2.05, 4.69) is 0 Å². The molecular formula is C24H14ClF2N. The van der Waals surface area contributed by atoms with Gasteiger partial charge in [0.15, 0.2) is 0 Å². The normalized spacial score (nSPS) is 11.4. The van der Waals surface area contributed by atoms with E-state index in [0.717, 1.165) is 33.8 Å². The smallest absolute Gasteiger partial charge is 0.136 e. The fourth-order valence-electron chi connectivity index (χ4n) is 3.81. The molecule has 5 rings (SSSR count). The van der Waals surface area contributed by atoms with E-state index >= 15 is 0 Å². The van der Waals surface area contributed by atoms with Crippen molar-refractivity contribution >= 4 is 33.4 Å². The van der Waals surface area contributed by atoms with Crippen LogP contribution in [0, 0.1) is 11.6 Å². The van der Waals surface area contributed by atoms with Crippen LogP contribution >= 0.6 is 11.6 Å². The Kier molecular flexibility index (Phi) is 3.92. The van der Waals surface area contributed by atoms with Crippen LogP contribution in [0.4, 0.5) is 8.78 Å². The zero-order valence-electron chi connectivity index (χ0n) is 14.7. The molecule has 0 radical (unpaired) electrons. The van der Waals surface area contributed by atoms with Gasteiger partial charge in [0.1, 0.15) is 11.6 Å². The van der Waals surface area contributed by atoms with Gasteiger partial charge in [0.25, 0.3) is 0 Å². The maximum absolute atomic E-state index is 14.7. The molecule has 0 aliphatic carbocycles. The summed E-state index contributed by atoms with van der Waals surface area (Å²) >= 11 is 6.04. The van der Waals surface area contributed by atoms with E-state index in [1.165, 1.54) is 6.07 Å². The third-order valence-corrected chi connectivity index (χ3v) is 5.24. The second-order valence-corrected chi connectivity index (χ2v) is 7.09. The highest BCUT2D eigenvalue weighted by Gasteiger charge is 2.18. The number of halogens is 3. The molecule has 0 bridgehead atoms. The van der Waals surface area contributed by atoms with E-state index in [9.17, 15) is 8.78 Å². The minimum absolute atomic E-state index is 0.419. The van der Waals surface area contributed by atoms with Crippen molar-refractivity contribution in [3.05, 3.63) is 102 Å². The number of benzene rings is 4. The highest BCUT2D eigenvalue weighted by atomic mass is 35.5. The monoisotopic (exact) mass is 389 g/mol. The maximum atomic E-state index is 14.7. The SMILES string of the molecule is Fc1cc(F)c2c3ccccc3n(-c3ccccc3-c3ccc(Cl)cc3)c2c1. The van der Waals surface area contributed by atoms with E-state index in [1.807, 2.05) is 77.4 Å². The second-order valence-electron chi connectivity index (χ2n) is 6.66. The molecule has 0 N–H and O–H groups in total. The van der Waals surface area contributed by atoms with E-state index in [-0.39, 0.29) is 0 Å². The molecule has 1 heterocycles. The van der Waals surface area contributed by atoms with Crippen molar-refractivity contribution in [1.82, 2.24) is 4.57 Å². The second kappa shape index (κ2) is 6.47. The molecule has 0 fully saturated rings. The fourth-order valence-corrected chi connectivity index (χ4v) is 3.94. The molecule has 28 heavy (non-hydrogen) atoms. The molecule has 0 aliphatic rings. The Labute approximate surface area is 165 Å². The Morgan fingerprint density at radius 2 is 1.43 bits per heavy atom. The summed E-state index contributed by atoms with van der Waals surface area (Å²) in [6, 6.07) is 25.2. The van der Waals surface area contributed by atoms with E-state index < -0.39 is 11.6 Å². The Morgan fingerprint density at radius 3 is 2.25 bits per heavy atom. The molecule has 5 aromatic rings. The van der Waals surface area contributed by atoms with Crippen LogP contribution < -0.4 is 0 Å². The van der Waals surface area contributed by atoms with Gasteiger partial charge < -0.3 is 4.57 Å². The van der Waals surface area contributed by atoms with Gasteiger partial charge in [0.05, 0.1) is 16.7 Å². The summed E-state index contributed by atoms with van der Waals surface area (Å²) in [6.07, 6.45) is 0. The van der Waals surface area contributed by atoms with Gasteiger partial charge >= 0.3 is 0 Å². The lowest BCUT2D eigenvalue weighted by atomic mass is 10.0. The lowest BCUT2D eigenvalue weighted by molar-refractivity contribution is 0.592. The van der Waals surface area contributed by atoms with Crippen molar-refractivity contribution in [3.63, 3.8) is 0 Å². The Bertz CT molecular complexity index is 1340. The standard InChI is InChI=1S/C24H14ClF2N/c25-16-11-9-15(10-12-16)18-5-1-3-7-21(18)28-22-8-4-2-6-19(22)24-20(27)13-17(26)14-23(24)28/h1-14H. The number of nitrogens with zero attached hydrogens (tertiary/aromatic N) is 1. The number of fused-ring (bicyclic) bond motifs is 3. The first-order chi connectivity index (χ1) is 13.6. The number of para-hydroxylation sites is 2. The molecule has 0 amide bonds. The highest BCUT2D eigenvalue weighted by molar-refractivity contribution is 6.30. The van der Waals surface area contributed by atoms with Crippen LogP contribution in [0.1, 0.15) is 0 Å². The van der Waals surface area contributed by atoms with Crippen LogP contribution in [0.25, 0.3) is 38.6 Å². The van der Waals surface area contributed by atoms with Gasteiger partial charge in [0.2, 0.25) is 0 Å². The largest absolute Gasteiger partial charge is 0.308 e. The van der Waals surface area contributed by atoms with Gasteiger partial charge in [-0.05, 0) is 35.9 Å². The minimum atomic E-state index is -0.599. The van der Waals surface area contributed by atoms with Crippen LogP contribution in [0.3, 0.4) is 0 Å². The molecule has 0 aliphatic heterocycles. The maximum Gasteiger partial charge on any atom is 0.136 e. The molecule has 1 aromatic heterocycles. The summed E-state index contributed by atoms with van der Waals surface area (Å²) in [4.78, 5) is 0. The lowest BCUT2D eigenvalue weighted by Crippen LogP contribution is -1.97. The lowest BCUT2D eigenvalue weighted by Gasteiger charge is -2.14. The molecule has 0 saturated carbocycles. The third-order valence-electron chi connectivity index (χ3n) is 4.99. The molecule has 4 aromatic carbocycles. The van der Waals surface area contributed by atoms with Gasteiger partial charge in [-0.3, -0.25) is 0 Å². The summed E-state index contributed by atoms with van der Waals surface area (Å²) < 4.78 is 30.7. The first-order valence-corrected chi connectivity index (χ1v) is 9.25. The van der Waals surface area contributed by atoms with Crippen LogP contribution in [-0.2, 0) is 0 Å². The summed E-state index contributed by atoms with van der Waals surface area (Å²) in [6.45, 7) is 0. The predicted molar refractivity (Wildman–Crippen MR) is 111 cm³/mol. The van der Waals surface area contributed by atoms with E-state index in [1.54, 1.807) is 0 Å². The Hall–Kier alpha value is -3.17. The quantitative estimate of drug-likeness (QED) is 0.297. The number of rotatable bonds is 2. The molecular weight excluding hydrogens is 376 g/mol. The first-order valence-electron chi connectivity index (χ1n) is 8.87. The molecule has 136 valence electrons. The number of aromatic nitrogens is 1. The molecule has 0 spiro atoms. The zero-order chi connectivity index (χ0) is 19.3. The molecule has 0 unspecified atom stereocenters. The van der Waals surface area contributed by atoms with Gasteiger partial charge in [-0.2, -0.15) is 0 Å². The van der Waals surface area contributed by atoms with Crippen LogP contribution in [0.5, 0.6) is 0 Å². The van der Waals surface area contributed by atoms with Crippen molar-refractivity contribution < 1.29 is 8.78 Å². The van der Waals surface area contributed by atoms with Crippen molar-refractivity contribution in [2.24, 2.45) is 0 Å². The Balaban J connectivity index is 1.92. The first kappa shape index (κ1) is 17.0. The third kappa shape index (κ3) is 2.59. The van der Waals surface area contributed by atoms with Crippen molar-refractivity contribution in [3.8, 4) is 16.8 Å². The predicted octanol–water partition coefficient (Wildman–Crippen LogP) is 7.38. The summed E-state index contributed by atoms with van der Waals surface area (Å²) in [7, 11) is 0. The van der Waals surface area contributed by atoms with Crippen molar-refractivity contribution in [1.29, 1.82) is 0 Å². The van der Waals surface area contributed by atoms with Crippen molar-refractivity contribution in [2.75, 3.05) is 0 Å². The van der Waals surface area contributed by atoms with Crippen molar-refractivity contribution in [2.45, 2.75) is 0 Å². The average Bonchev–Trinajstić information content (AvgIpc) is 3.02. The van der Waals surface area contributed by atoms with E-state index in [4.69, 9.17) is 11.6 Å². The number of hydrogen-bond donors (Lipinski definition) is 0. The van der Waals surface area contributed by atoms with Crippen LogP contribution in [0.15, 0.2) is 84.9 Å². The molecule has 1 nitrogen and oxygen atoms in total. The van der Waals surface area contributed by atoms with Gasteiger partial charge in [-0.1, -0.05) is 60.1 Å². The zero-order valence-corrected chi connectivity index (χ0v) is 15.4. The average molecular weight is 390 g/mol. The molecule has 4 heteroatoms. The van der Waals surface area contributed by atoms with E-state index in [0.29, 0.717) is 15.9 Å².